The van der Waals surface area contributed by atoms with Gasteiger partial charge in [-0.15, -0.1) is 0 Å². The van der Waals surface area contributed by atoms with Crippen LogP contribution in [0.15, 0.2) is 59.6 Å². The van der Waals surface area contributed by atoms with Crippen LogP contribution in [0.5, 0.6) is 0 Å². The molecule has 2 aromatic carbocycles. The molecular formula is C19H16N2O. The summed E-state index contributed by atoms with van der Waals surface area (Å²) in [6.45, 7) is 1.33. The van der Waals surface area contributed by atoms with Gasteiger partial charge in [-0.1, -0.05) is 48.5 Å². The highest BCUT2D eigenvalue weighted by Gasteiger charge is 2.17. The average molecular weight is 288 g/mol. The van der Waals surface area contributed by atoms with Crippen molar-refractivity contribution in [2.24, 2.45) is 4.99 Å². The minimum atomic E-state index is 0.592. The molecule has 3 nitrogen and oxygen atoms in total. The Kier molecular flexibility index (Phi) is 3.41. The Bertz CT molecular complexity index is 841. The second kappa shape index (κ2) is 5.70. The van der Waals surface area contributed by atoms with Crippen LogP contribution in [0.1, 0.15) is 16.8 Å². The highest BCUT2D eigenvalue weighted by atomic mass is 16.5. The molecule has 2 heterocycles. The van der Waals surface area contributed by atoms with Crippen LogP contribution in [-0.4, -0.2) is 17.8 Å². The van der Waals surface area contributed by atoms with Crippen molar-refractivity contribution in [2.45, 2.75) is 13.0 Å². The van der Waals surface area contributed by atoms with Crippen molar-refractivity contribution < 1.29 is 4.74 Å². The van der Waals surface area contributed by atoms with E-state index in [9.17, 15) is 0 Å². The van der Waals surface area contributed by atoms with E-state index in [0.717, 1.165) is 46.4 Å². The molecule has 1 aromatic heterocycles. The van der Waals surface area contributed by atoms with E-state index in [1.54, 1.807) is 0 Å². The molecule has 1 aliphatic heterocycles. The van der Waals surface area contributed by atoms with Gasteiger partial charge < -0.3 is 4.74 Å². The Hall–Kier alpha value is -2.52. The molecule has 0 fully saturated rings. The Morgan fingerprint density at radius 1 is 1.00 bits per heavy atom. The average Bonchev–Trinajstić information content (AvgIpc) is 2.59. The van der Waals surface area contributed by atoms with Crippen LogP contribution in [0.3, 0.4) is 0 Å². The number of aliphatic imine (C=N–C) groups is 1. The fourth-order valence-electron chi connectivity index (χ4n) is 2.81. The first-order chi connectivity index (χ1) is 10.9. The topological polar surface area (TPSA) is 34.5 Å². The summed E-state index contributed by atoms with van der Waals surface area (Å²) < 4.78 is 5.62. The molecular weight excluding hydrogens is 272 g/mol. The van der Waals surface area contributed by atoms with Crippen LogP contribution in [0, 0.1) is 0 Å². The minimum Gasteiger partial charge on any atom is -0.376 e. The smallest absolute Gasteiger partial charge is 0.0797 e. The molecule has 4 rings (SSSR count). The molecule has 0 N–H and O–H groups in total. The van der Waals surface area contributed by atoms with Crippen molar-refractivity contribution in [3.05, 3.63) is 71.4 Å². The minimum absolute atomic E-state index is 0.592. The predicted octanol–water partition coefficient (Wildman–Crippen LogP) is 4.06. The van der Waals surface area contributed by atoms with Crippen LogP contribution in [0.4, 0.5) is 5.69 Å². The van der Waals surface area contributed by atoms with Crippen molar-refractivity contribution >= 4 is 22.8 Å². The van der Waals surface area contributed by atoms with Gasteiger partial charge in [-0.2, -0.15) is 0 Å². The fourth-order valence-corrected chi connectivity index (χ4v) is 2.81. The summed E-state index contributed by atoms with van der Waals surface area (Å²) >= 11 is 0. The molecule has 0 radical (unpaired) electrons. The molecule has 0 aliphatic carbocycles. The summed E-state index contributed by atoms with van der Waals surface area (Å²) in [4.78, 5) is 9.55. The summed E-state index contributed by atoms with van der Waals surface area (Å²) in [5.41, 5.74) is 5.32. The Morgan fingerprint density at radius 3 is 2.73 bits per heavy atom. The number of aromatic nitrogens is 1. The molecule has 0 atom stereocenters. The summed E-state index contributed by atoms with van der Waals surface area (Å²) in [7, 11) is 0. The first kappa shape index (κ1) is 13.2. The zero-order chi connectivity index (χ0) is 14.8. The van der Waals surface area contributed by atoms with Gasteiger partial charge in [0.2, 0.25) is 0 Å². The van der Waals surface area contributed by atoms with E-state index in [4.69, 9.17) is 14.7 Å². The van der Waals surface area contributed by atoms with E-state index in [1.807, 2.05) is 42.6 Å². The molecule has 22 heavy (non-hydrogen) atoms. The first-order valence-electron chi connectivity index (χ1n) is 7.49. The molecule has 0 amide bonds. The number of para-hydroxylation sites is 1. The van der Waals surface area contributed by atoms with Gasteiger partial charge in [0.1, 0.15) is 0 Å². The number of rotatable bonds is 2. The third-order valence-electron chi connectivity index (χ3n) is 3.92. The van der Waals surface area contributed by atoms with Gasteiger partial charge in [-0.05, 0) is 11.6 Å². The highest BCUT2D eigenvalue weighted by Crippen LogP contribution is 2.33. The van der Waals surface area contributed by atoms with Gasteiger partial charge >= 0.3 is 0 Å². The van der Waals surface area contributed by atoms with E-state index in [-0.39, 0.29) is 0 Å². The van der Waals surface area contributed by atoms with Gasteiger partial charge in [0.05, 0.1) is 30.1 Å². The molecule has 1 aliphatic rings. The van der Waals surface area contributed by atoms with E-state index < -0.39 is 0 Å². The molecule has 0 saturated carbocycles. The van der Waals surface area contributed by atoms with Crippen LogP contribution in [0.2, 0.25) is 0 Å². The lowest BCUT2D eigenvalue weighted by Crippen LogP contribution is -2.12. The quantitative estimate of drug-likeness (QED) is 0.666. The fraction of sp³-hybridized carbons (Fsp3) is 0.158. The molecule has 3 heteroatoms. The Balaban J connectivity index is 1.89. The second-order valence-electron chi connectivity index (χ2n) is 5.37. The van der Waals surface area contributed by atoms with E-state index in [0.29, 0.717) is 6.61 Å². The SMILES string of the molecule is C(=Nc1c2c(nc3ccccc13)CCOC2)c1ccccc1. The Morgan fingerprint density at radius 2 is 1.82 bits per heavy atom. The van der Waals surface area contributed by atoms with Crippen molar-refractivity contribution in [1.82, 2.24) is 4.98 Å². The largest absolute Gasteiger partial charge is 0.376 e. The summed E-state index contributed by atoms with van der Waals surface area (Å²) in [5, 5.41) is 1.08. The molecule has 0 unspecified atom stereocenters. The molecule has 0 saturated heterocycles. The number of benzene rings is 2. The molecule has 0 spiro atoms. The zero-order valence-corrected chi connectivity index (χ0v) is 12.2. The van der Waals surface area contributed by atoms with Crippen LogP contribution in [0.25, 0.3) is 10.9 Å². The van der Waals surface area contributed by atoms with E-state index in [1.165, 1.54) is 0 Å². The normalized spacial score (nSPS) is 14.4. The van der Waals surface area contributed by atoms with Crippen molar-refractivity contribution in [3.63, 3.8) is 0 Å². The van der Waals surface area contributed by atoms with E-state index >= 15 is 0 Å². The van der Waals surface area contributed by atoms with Gasteiger partial charge in [0.15, 0.2) is 0 Å². The third kappa shape index (κ3) is 2.40. The number of fused-ring (bicyclic) bond motifs is 2. The lowest BCUT2D eigenvalue weighted by atomic mass is 10.0. The van der Waals surface area contributed by atoms with Crippen molar-refractivity contribution in [1.29, 1.82) is 0 Å². The van der Waals surface area contributed by atoms with Gasteiger partial charge in [0.25, 0.3) is 0 Å². The maximum absolute atomic E-state index is 5.62. The summed E-state index contributed by atoms with van der Waals surface area (Å²) in [6, 6.07) is 18.3. The second-order valence-corrected chi connectivity index (χ2v) is 5.37. The highest BCUT2D eigenvalue weighted by molar-refractivity contribution is 5.95. The number of hydrogen-bond acceptors (Lipinski definition) is 3. The zero-order valence-electron chi connectivity index (χ0n) is 12.2. The maximum Gasteiger partial charge on any atom is 0.0797 e. The number of hydrogen-bond donors (Lipinski definition) is 0. The lowest BCUT2D eigenvalue weighted by Gasteiger charge is -2.19. The van der Waals surface area contributed by atoms with Crippen LogP contribution < -0.4 is 0 Å². The van der Waals surface area contributed by atoms with Crippen molar-refractivity contribution in [2.75, 3.05) is 6.61 Å². The number of ether oxygens (including phenoxy) is 1. The van der Waals surface area contributed by atoms with Gasteiger partial charge in [-0.3, -0.25) is 9.98 Å². The lowest BCUT2D eigenvalue weighted by molar-refractivity contribution is 0.110. The summed E-state index contributed by atoms with van der Waals surface area (Å²) in [6.07, 6.45) is 2.77. The number of nitrogens with zero attached hydrogens (tertiary/aromatic N) is 2. The maximum atomic E-state index is 5.62. The molecule has 3 aromatic rings. The number of pyridine rings is 1. The van der Waals surface area contributed by atoms with Crippen LogP contribution >= 0.6 is 0 Å². The Labute approximate surface area is 129 Å². The van der Waals surface area contributed by atoms with Gasteiger partial charge in [0, 0.05) is 23.6 Å². The summed E-state index contributed by atoms with van der Waals surface area (Å²) in [5.74, 6) is 0. The van der Waals surface area contributed by atoms with Gasteiger partial charge in [-0.25, -0.2) is 0 Å². The predicted molar refractivity (Wildman–Crippen MR) is 88.8 cm³/mol. The van der Waals surface area contributed by atoms with Crippen molar-refractivity contribution in [3.8, 4) is 0 Å². The monoisotopic (exact) mass is 288 g/mol. The van der Waals surface area contributed by atoms with E-state index in [2.05, 4.69) is 18.2 Å². The molecule has 108 valence electrons. The standard InChI is InChI=1S/C19H16N2O/c1-2-6-14(7-3-1)12-20-19-15-8-4-5-9-17(15)21-18-10-11-22-13-16(18)19/h1-9,12H,10-11,13H2. The first-order valence-corrected chi connectivity index (χ1v) is 7.49. The molecule has 0 bridgehead atoms. The van der Waals surface area contributed by atoms with Crippen LogP contribution in [-0.2, 0) is 17.8 Å². The third-order valence-corrected chi connectivity index (χ3v) is 3.92.